The average molecular weight is 356 g/mol. The van der Waals surface area contributed by atoms with Gasteiger partial charge in [-0.05, 0) is 40.8 Å². The maximum absolute atomic E-state index is 8.44. The van der Waals surface area contributed by atoms with E-state index in [1.54, 1.807) is 5.48 Å². The fourth-order valence-corrected chi connectivity index (χ4v) is 1.53. The number of benzene rings is 1. The first-order valence-electron chi connectivity index (χ1n) is 3.33. The van der Waals surface area contributed by atoms with Gasteiger partial charge in [0.25, 0.3) is 0 Å². The van der Waals surface area contributed by atoms with Gasteiger partial charge in [-0.15, -0.1) is 0 Å². The summed E-state index contributed by atoms with van der Waals surface area (Å²) < 4.78 is 1.87. The van der Waals surface area contributed by atoms with Gasteiger partial charge in [-0.1, -0.05) is 15.9 Å². The van der Waals surface area contributed by atoms with Crippen LogP contribution in [0.1, 0.15) is 0 Å². The predicted molar refractivity (Wildman–Crippen MR) is 63.1 cm³/mol. The number of guanidine groups is 1. The standard InChI is InChI=1S/C7H7BrIN3O/c8-4-1-2-5(9)6(3-4)11-7(10)12-13/h1-3,13H,(H3,10,11,12). The number of halogens is 2. The summed E-state index contributed by atoms with van der Waals surface area (Å²) in [5, 5.41) is 8.44. The smallest absolute Gasteiger partial charge is 0.218 e. The molecule has 0 aliphatic heterocycles. The molecular formula is C7H7BrIN3O. The van der Waals surface area contributed by atoms with Crippen LogP contribution >= 0.6 is 38.5 Å². The highest BCUT2D eigenvalue weighted by atomic mass is 127. The van der Waals surface area contributed by atoms with Crippen LogP contribution in [0.25, 0.3) is 0 Å². The highest BCUT2D eigenvalue weighted by molar-refractivity contribution is 14.1. The Balaban J connectivity index is 3.07. The SMILES string of the molecule is NC(=Nc1cc(Br)ccc1I)NO. The molecule has 0 spiro atoms. The summed E-state index contributed by atoms with van der Waals surface area (Å²) in [7, 11) is 0. The molecule has 4 nitrogen and oxygen atoms in total. The van der Waals surface area contributed by atoms with E-state index in [4.69, 9.17) is 10.9 Å². The van der Waals surface area contributed by atoms with Crippen molar-refractivity contribution in [3.05, 3.63) is 26.2 Å². The fourth-order valence-electron chi connectivity index (χ4n) is 0.726. The number of nitrogens with zero attached hydrogens (tertiary/aromatic N) is 1. The van der Waals surface area contributed by atoms with E-state index in [0.717, 1.165) is 8.04 Å². The molecule has 0 saturated carbocycles. The molecule has 0 fully saturated rings. The minimum atomic E-state index is -0.0315. The van der Waals surface area contributed by atoms with Crippen molar-refractivity contribution in [2.75, 3.05) is 0 Å². The first-order valence-corrected chi connectivity index (χ1v) is 5.20. The van der Waals surface area contributed by atoms with E-state index in [1.807, 2.05) is 18.2 Å². The third-order valence-electron chi connectivity index (χ3n) is 1.26. The first kappa shape index (κ1) is 10.7. The summed E-state index contributed by atoms with van der Waals surface area (Å²) in [5.41, 5.74) is 7.77. The second kappa shape index (κ2) is 4.77. The minimum Gasteiger partial charge on any atom is -0.368 e. The molecule has 0 aliphatic rings. The number of rotatable bonds is 1. The van der Waals surface area contributed by atoms with Gasteiger partial charge >= 0.3 is 0 Å². The van der Waals surface area contributed by atoms with E-state index < -0.39 is 0 Å². The Kier molecular flexibility index (Phi) is 3.94. The Morgan fingerprint density at radius 2 is 2.31 bits per heavy atom. The molecule has 0 heterocycles. The number of aliphatic imine (C=N–C) groups is 1. The zero-order valence-corrected chi connectivity index (χ0v) is 10.2. The van der Waals surface area contributed by atoms with E-state index in [1.165, 1.54) is 0 Å². The topological polar surface area (TPSA) is 70.6 Å². The van der Waals surface area contributed by atoms with Gasteiger partial charge in [0.15, 0.2) is 0 Å². The van der Waals surface area contributed by atoms with Crippen molar-refractivity contribution in [2.45, 2.75) is 0 Å². The lowest BCUT2D eigenvalue weighted by Crippen LogP contribution is -2.27. The Morgan fingerprint density at radius 1 is 1.62 bits per heavy atom. The molecule has 1 aromatic rings. The van der Waals surface area contributed by atoms with E-state index in [0.29, 0.717) is 5.69 Å². The van der Waals surface area contributed by atoms with Gasteiger partial charge in [-0.2, -0.15) is 0 Å². The summed E-state index contributed by atoms with van der Waals surface area (Å²) in [6, 6.07) is 5.61. The first-order chi connectivity index (χ1) is 6.13. The lowest BCUT2D eigenvalue weighted by Gasteiger charge is -2.01. The van der Waals surface area contributed by atoms with E-state index in [2.05, 4.69) is 43.5 Å². The number of hydrogen-bond donors (Lipinski definition) is 3. The molecule has 1 rings (SSSR count). The van der Waals surface area contributed by atoms with Crippen LogP contribution in [0.4, 0.5) is 5.69 Å². The van der Waals surface area contributed by atoms with Crippen molar-refractivity contribution in [2.24, 2.45) is 10.7 Å². The van der Waals surface area contributed by atoms with E-state index in [-0.39, 0.29) is 5.96 Å². The van der Waals surface area contributed by atoms with Crippen LogP contribution < -0.4 is 11.2 Å². The van der Waals surface area contributed by atoms with Crippen molar-refractivity contribution < 1.29 is 5.21 Å². The zero-order chi connectivity index (χ0) is 9.84. The van der Waals surface area contributed by atoms with Crippen molar-refractivity contribution in [3.63, 3.8) is 0 Å². The zero-order valence-electron chi connectivity index (χ0n) is 6.46. The average Bonchev–Trinajstić information content (AvgIpc) is 2.11. The lowest BCUT2D eigenvalue weighted by atomic mass is 10.3. The number of nitrogens with two attached hydrogens (primary N) is 1. The van der Waals surface area contributed by atoms with E-state index >= 15 is 0 Å². The van der Waals surface area contributed by atoms with Crippen molar-refractivity contribution >= 4 is 50.2 Å². The van der Waals surface area contributed by atoms with Crippen LogP contribution in [-0.4, -0.2) is 11.2 Å². The van der Waals surface area contributed by atoms with Gasteiger partial charge in [0.05, 0.1) is 5.69 Å². The molecule has 70 valence electrons. The molecule has 0 aliphatic carbocycles. The second-order valence-corrected chi connectivity index (χ2v) is 4.28. The van der Waals surface area contributed by atoms with Gasteiger partial charge < -0.3 is 5.73 Å². The highest BCUT2D eigenvalue weighted by Gasteiger charge is 1.99. The molecule has 0 radical (unpaired) electrons. The van der Waals surface area contributed by atoms with Gasteiger partial charge in [-0.3, -0.25) is 5.21 Å². The Bertz CT molecular complexity index is 343. The molecule has 13 heavy (non-hydrogen) atoms. The highest BCUT2D eigenvalue weighted by Crippen LogP contribution is 2.25. The largest absolute Gasteiger partial charge is 0.368 e. The Labute approximate surface area is 97.5 Å². The monoisotopic (exact) mass is 355 g/mol. The normalized spacial score (nSPS) is 11.5. The summed E-state index contributed by atoms with van der Waals surface area (Å²) in [5.74, 6) is -0.0315. The third kappa shape index (κ3) is 3.12. The molecule has 6 heteroatoms. The van der Waals surface area contributed by atoms with Crippen LogP contribution in [0.15, 0.2) is 27.7 Å². The summed E-state index contributed by atoms with van der Waals surface area (Å²) in [6.07, 6.45) is 0. The fraction of sp³-hybridized carbons (Fsp3) is 0. The molecule has 0 unspecified atom stereocenters. The van der Waals surface area contributed by atoms with Crippen LogP contribution in [-0.2, 0) is 0 Å². The summed E-state index contributed by atoms with van der Waals surface area (Å²) in [6.45, 7) is 0. The van der Waals surface area contributed by atoms with Crippen LogP contribution in [0.2, 0.25) is 0 Å². The number of hydrogen-bond acceptors (Lipinski definition) is 2. The van der Waals surface area contributed by atoms with Crippen LogP contribution in [0.3, 0.4) is 0 Å². The Hall–Kier alpha value is -0.340. The second-order valence-electron chi connectivity index (χ2n) is 2.20. The number of nitrogens with one attached hydrogen (secondary N) is 1. The maximum Gasteiger partial charge on any atom is 0.218 e. The van der Waals surface area contributed by atoms with Gasteiger partial charge in [0.1, 0.15) is 0 Å². The van der Waals surface area contributed by atoms with Crippen molar-refractivity contribution in [1.82, 2.24) is 5.48 Å². The maximum atomic E-state index is 8.44. The molecule has 0 bridgehead atoms. The van der Waals surface area contributed by atoms with Crippen molar-refractivity contribution in [1.29, 1.82) is 0 Å². The Morgan fingerprint density at radius 3 is 2.92 bits per heavy atom. The van der Waals surface area contributed by atoms with Crippen LogP contribution in [0, 0.1) is 3.57 Å². The molecule has 0 amide bonds. The number of hydroxylamine groups is 1. The minimum absolute atomic E-state index is 0.0315. The molecule has 0 atom stereocenters. The van der Waals surface area contributed by atoms with Gasteiger partial charge in [0, 0.05) is 8.04 Å². The quantitative estimate of drug-likeness (QED) is 0.312. The molecule has 4 N–H and O–H groups in total. The molecule has 0 saturated heterocycles. The van der Waals surface area contributed by atoms with E-state index in [9.17, 15) is 0 Å². The summed E-state index contributed by atoms with van der Waals surface area (Å²) >= 11 is 5.45. The predicted octanol–water partition coefficient (Wildman–Crippen LogP) is 1.98. The molecular weight excluding hydrogens is 349 g/mol. The lowest BCUT2D eigenvalue weighted by molar-refractivity contribution is 0.233. The summed E-state index contributed by atoms with van der Waals surface area (Å²) in [4.78, 5) is 3.93. The third-order valence-corrected chi connectivity index (χ3v) is 2.67. The van der Waals surface area contributed by atoms with Crippen LogP contribution in [0.5, 0.6) is 0 Å². The molecule has 0 aromatic heterocycles. The molecule has 1 aromatic carbocycles. The van der Waals surface area contributed by atoms with Gasteiger partial charge in [-0.25, -0.2) is 10.5 Å². The van der Waals surface area contributed by atoms with Gasteiger partial charge in [0.2, 0.25) is 5.96 Å². The van der Waals surface area contributed by atoms with Crippen molar-refractivity contribution in [3.8, 4) is 0 Å².